The number of aryl methyl sites for hydroxylation is 1. The molecule has 0 amide bonds. The minimum Gasteiger partial charge on any atom is -0.480 e. The number of carboxylic acid groups (broad SMARTS) is 1. The van der Waals surface area contributed by atoms with Crippen LogP contribution in [0.5, 0.6) is 5.75 Å². The highest BCUT2D eigenvalue weighted by Crippen LogP contribution is 2.46. The minimum absolute atomic E-state index is 0.0247. The second-order valence-electron chi connectivity index (χ2n) is 6.79. The number of alkyl halides is 3. The number of fused-ring (bicyclic) bond motifs is 1. The summed E-state index contributed by atoms with van der Waals surface area (Å²) in [7, 11) is 0. The smallest absolute Gasteiger partial charge is 0.387 e. The Balaban J connectivity index is 2.22. The van der Waals surface area contributed by atoms with Gasteiger partial charge in [0.05, 0.1) is 11.3 Å². The van der Waals surface area contributed by atoms with Crippen LogP contribution in [-0.2, 0) is 28.2 Å². The van der Waals surface area contributed by atoms with E-state index in [1.54, 1.807) is 6.92 Å². The molecule has 0 aliphatic heterocycles. The van der Waals surface area contributed by atoms with E-state index in [-0.39, 0.29) is 35.4 Å². The van der Waals surface area contributed by atoms with Gasteiger partial charge in [-0.25, -0.2) is 18.0 Å². The average Bonchev–Trinajstić information content (AvgIpc) is 2.69. The summed E-state index contributed by atoms with van der Waals surface area (Å²) in [5, 5.41) is 8.86. The Labute approximate surface area is 174 Å². The van der Waals surface area contributed by atoms with Crippen LogP contribution in [0.1, 0.15) is 41.4 Å². The molecule has 1 unspecified atom stereocenters. The zero-order chi connectivity index (χ0) is 22.8. The number of hydrogen-bond acceptors (Lipinski definition) is 4. The van der Waals surface area contributed by atoms with Crippen molar-refractivity contribution in [2.45, 2.75) is 38.7 Å². The first-order chi connectivity index (χ1) is 14.6. The standard InChI is InChI=1S/C21H18F5NO4/c1-2-15-13(8-11-5-6-12(22)9-14(11)23)19(31-20(24)25)18-16(27-15)4-3-7-21(18,26)30-10-17(28)29/h3-6,9,20H,2,7-8,10H2,1H3,(H,28,29). The molecule has 0 saturated carbocycles. The van der Waals surface area contributed by atoms with Gasteiger partial charge in [0.1, 0.15) is 24.0 Å². The van der Waals surface area contributed by atoms with Crippen LogP contribution >= 0.6 is 0 Å². The fraction of sp³-hybridized carbons (Fsp3) is 0.333. The zero-order valence-electron chi connectivity index (χ0n) is 16.3. The van der Waals surface area contributed by atoms with E-state index in [4.69, 9.17) is 9.84 Å². The average molecular weight is 443 g/mol. The molecule has 2 aromatic rings. The molecule has 1 N–H and O–H groups in total. The van der Waals surface area contributed by atoms with Crippen molar-refractivity contribution in [1.82, 2.24) is 4.98 Å². The summed E-state index contributed by atoms with van der Waals surface area (Å²) in [5.41, 5.74) is -0.381. The summed E-state index contributed by atoms with van der Waals surface area (Å²) in [5.74, 6) is -6.60. The topological polar surface area (TPSA) is 68.7 Å². The number of halogens is 5. The van der Waals surface area contributed by atoms with Crippen LogP contribution in [0.4, 0.5) is 22.0 Å². The van der Waals surface area contributed by atoms with E-state index in [9.17, 15) is 22.4 Å². The van der Waals surface area contributed by atoms with E-state index >= 15 is 4.39 Å². The molecule has 1 aromatic heterocycles. The van der Waals surface area contributed by atoms with Crippen molar-refractivity contribution in [2.75, 3.05) is 6.61 Å². The van der Waals surface area contributed by atoms with Gasteiger partial charge in [0.2, 0.25) is 5.85 Å². The van der Waals surface area contributed by atoms with Crippen LogP contribution in [0.3, 0.4) is 0 Å². The van der Waals surface area contributed by atoms with Gasteiger partial charge < -0.3 is 14.6 Å². The molecule has 0 spiro atoms. The van der Waals surface area contributed by atoms with Gasteiger partial charge in [0.15, 0.2) is 0 Å². The van der Waals surface area contributed by atoms with Crippen LogP contribution in [0, 0.1) is 11.6 Å². The van der Waals surface area contributed by atoms with Crippen LogP contribution in [0.15, 0.2) is 24.3 Å². The van der Waals surface area contributed by atoms with Crippen LogP contribution < -0.4 is 4.74 Å². The lowest BCUT2D eigenvalue weighted by Crippen LogP contribution is -2.31. The number of benzene rings is 1. The van der Waals surface area contributed by atoms with Gasteiger partial charge in [0, 0.05) is 30.2 Å². The Bertz CT molecular complexity index is 1030. The molecule has 1 aliphatic carbocycles. The number of carbonyl (C=O) groups is 1. The molecular formula is C21H18F5NO4. The third-order valence-electron chi connectivity index (χ3n) is 4.74. The number of nitrogens with zero attached hydrogens (tertiary/aromatic N) is 1. The lowest BCUT2D eigenvalue weighted by atomic mass is 9.90. The summed E-state index contributed by atoms with van der Waals surface area (Å²) in [6, 6.07) is 2.78. The van der Waals surface area contributed by atoms with Crippen molar-refractivity contribution < 1.29 is 41.3 Å². The van der Waals surface area contributed by atoms with Crippen molar-refractivity contribution in [2.24, 2.45) is 0 Å². The molecule has 3 rings (SSSR count). The Hall–Kier alpha value is -3.01. The second-order valence-corrected chi connectivity index (χ2v) is 6.79. The molecule has 0 bridgehead atoms. The number of pyridine rings is 1. The molecule has 10 heteroatoms. The number of aliphatic carboxylic acids is 1. The minimum atomic E-state index is -3.36. The number of rotatable bonds is 8. The normalized spacial score (nSPS) is 17.6. The van der Waals surface area contributed by atoms with Gasteiger partial charge in [-0.15, -0.1) is 0 Å². The zero-order valence-corrected chi connectivity index (χ0v) is 16.3. The predicted octanol–water partition coefficient (Wildman–Crippen LogP) is 4.75. The lowest BCUT2D eigenvalue weighted by molar-refractivity contribution is -0.177. The molecule has 1 heterocycles. The first kappa shape index (κ1) is 22.7. The monoisotopic (exact) mass is 443 g/mol. The summed E-state index contributed by atoms with van der Waals surface area (Å²) in [6.07, 6.45) is 2.13. The number of carboxylic acids is 1. The van der Waals surface area contributed by atoms with E-state index in [0.717, 1.165) is 12.1 Å². The van der Waals surface area contributed by atoms with Crippen LogP contribution in [0.2, 0.25) is 0 Å². The molecule has 1 atom stereocenters. The molecule has 0 saturated heterocycles. The van der Waals surface area contributed by atoms with E-state index < -0.39 is 54.4 Å². The number of ether oxygens (including phenoxy) is 2. The van der Waals surface area contributed by atoms with Crippen LogP contribution in [-0.4, -0.2) is 29.3 Å². The van der Waals surface area contributed by atoms with Crippen molar-refractivity contribution in [3.8, 4) is 5.75 Å². The fourth-order valence-corrected chi connectivity index (χ4v) is 3.43. The maximum Gasteiger partial charge on any atom is 0.387 e. The summed E-state index contributed by atoms with van der Waals surface area (Å²) in [4.78, 5) is 15.2. The van der Waals surface area contributed by atoms with Gasteiger partial charge >= 0.3 is 12.6 Å². The van der Waals surface area contributed by atoms with Crippen molar-refractivity contribution in [3.05, 3.63) is 64.0 Å². The van der Waals surface area contributed by atoms with Gasteiger partial charge in [0.25, 0.3) is 0 Å². The Morgan fingerprint density at radius 3 is 2.68 bits per heavy atom. The van der Waals surface area contributed by atoms with Gasteiger partial charge in [-0.2, -0.15) is 8.78 Å². The molecule has 166 valence electrons. The molecule has 1 aliphatic rings. The highest BCUT2D eigenvalue weighted by molar-refractivity contribution is 5.68. The summed E-state index contributed by atoms with van der Waals surface area (Å²) in [6.45, 7) is -2.72. The molecular weight excluding hydrogens is 425 g/mol. The largest absolute Gasteiger partial charge is 0.480 e. The Kier molecular flexibility index (Phi) is 6.59. The SMILES string of the molecule is CCc1nc2c(c(OC(F)F)c1Cc1ccc(F)cc1F)C(F)(OCC(=O)O)CC=C2. The molecule has 5 nitrogen and oxygen atoms in total. The van der Waals surface area contributed by atoms with Crippen molar-refractivity contribution in [3.63, 3.8) is 0 Å². The first-order valence-corrected chi connectivity index (χ1v) is 9.30. The predicted molar refractivity (Wildman–Crippen MR) is 99.4 cm³/mol. The second kappa shape index (κ2) is 9.01. The van der Waals surface area contributed by atoms with Crippen molar-refractivity contribution in [1.29, 1.82) is 0 Å². The maximum absolute atomic E-state index is 15.7. The van der Waals surface area contributed by atoms with E-state index in [2.05, 4.69) is 9.72 Å². The van der Waals surface area contributed by atoms with Gasteiger partial charge in [-0.05, 0) is 24.1 Å². The van der Waals surface area contributed by atoms with E-state index in [0.29, 0.717) is 6.07 Å². The quantitative estimate of drug-likeness (QED) is 0.596. The Morgan fingerprint density at radius 1 is 1.32 bits per heavy atom. The molecule has 31 heavy (non-hydrogen) atoms. The molecule has 0 fully saturated rings. The summed E-state index contributed by atoms with van der Waals surface area (Å²) < 4.78 is 79.4. The van der Waals surface area contributed by atoms with Gasteiger partial charge in [-0.1, -0.05) is 19.1 Å². The van der Waals surface area contributed by atoms with E-state index in [1.807, 2.05) is 0 Å². The highest BCUT2D eigenvalue weighted by atomic mass is 19.3. The molecule has 0 radical (unpaired) electrons. The summed E-state index contributed by atoms with van der Waals surface area (Å²) >= 11 is 0. The maximum atomic E-state index is 15.7. The van der Waals surface area contributed by atoms with Crippen LogP contribution in [0.25, 0.3) is 6.08 Å². The number of aromatic nitrogens is 1. The lowest BCUT2D eigenvalue weighted by Gasteiger charge is -2.31. The third-order valence-corrected chi connectivity index (χ3v) is 4.74. The fourth-order valence-electron chi connectivity index (χ4n) is 3.43. The van der Waals surface area contributed by atoms with Crippen molar-refractivity contribution >= 4 is 12.0 Å². The van der Waals surface area contributed by atoms with Gasteiger partial charge in [-0.3, -0.25) is 4.98 Å². The van der Waals surface area contributed by atoms with E-state index in [1.165, 1.54) is 12.2 Å². The Morgan fingerprint density at radius 2 is 2.06 bits per heavy atom. The highest BCUT2D eigenvalue weighted by Gasteiger charge is 2.42. The molecule has 1 aromatic carbocycles. The number of hydrogen-bond donors (Lipinski definition) is 1. The third kappa shape index (κ3) is 4.84. The first-order valence-electron chi connectivity index (χ1n) is 9.30.